The molecule has 5 heterocycles. The van der Waals surface area contributed by atoms with E-state index in [0.29, 0.717) is 11.9 Å². The first kappa shape index (κ1) is 15.5. The van der Waals surface area contributed by atoms with Crippen molar-refractivity contribution in [3.05, 3.63) is 42.1 Å². The zero-order chi connectivity index (χ0) is 17.5. The second-order valence-electron chi connectivity index (χ2n) is 6.37. The van der Waals surface area contributed by atoms with Crippen LogP contribution in [0.3, 0.4) is 0 Å². The maximum absolute atomic E-state index is 4.72. The van der Waals surface area contributed by atoms with Gasteiger partial charge in [-0.25, -0.2) is 15.0 Å². The Morgan fingerprint density at radius 1 is 1.31 bits per heavy atom. The Hall–Kier alpha value is -2.78. The molecule has 2 N–H and O–H groups in total. The van der Waals surface area contributed by atoms with Crippen LogP contribution in [-0.2, 0) is 7.05 Å². The summed E-state index contributed by atoms with van der Waals surface area (Å²) in [5.74, 6) is 0.697. The van der Waals surface area contributed by atoms with Crippen molar-refractivity contribution in [1.29, 1.82) is 0 Å². The monoisotopic (exact) mass is 366 g/mol. The molecule has 0 amide bonds. The van der Waals surface area contributed by atoms with Gasteiger partial charge in [0, 0.05) is 36.6 Å². The van der Waals surface area contributed by atoms with Crippen LogP contribution in [0.2, 0.25) is 0 Å². The Morgan fingerprint density at radius 3 is 3.08 bits per heavy atom. The lowest BCUT2D eigenvalue weighted by atomic mass is 10.2. The molecule has 1 unspecified atom stereocenters. The number of aryl methyl sites for hydroxylation is 1. The SMILES string of the molecule is Cn1cc(-c2cnc3c(Nc4nc(C5CCCN5)cs4)nccn23)cn1. The number of anilines is 2. The van der Waals surface area contributed by atoms with Crippen LogP contribution in [0.15, 0.2) is 36.4 Å². The van der Waals surface area contributed by atoms with Crippen molar-refractivity contribution in [3.8, 4) is 11.3 Å². The Kier molecular flexibility index (Phi) is 3.68. The molecular weight excluding hydrogens is 348 g/mol. The van der Waals surface area contributed by atoms with E-state index in [9.17, 15) is 0 Å². The predicted molar refractivity (Wildman–Crippen MR) is 101 cm³/mol. The van der Waals surface area contributed by atoms with Gasteiger partial charge in [0.15, 0.2) is 16.6 Å². The van der Waals surface area contributed by atoms with Crippen molar-refractivity contribution in [2.45, 2.75) is 18.9 Å². The van der Waals surface area contributed by atoms with Crippen molar-refractivity contribution < 1.29 is 0 Å². The Bertz CT molecular complexity index is 1060. The minimum absolute atomic E-state index is 0.370. The highest BCUT2D eigenvalue weighted by Crippen LogP contribution is 2.29. The summed E-state index contributed by atoms with van der Waals surface area (Å²) in [5, 5.41) is 14.0. The third-order valence-electron chi connectivity index (χ3n) is 4.59. The third-order valence-corrected chi connectivity index (χ3v) is 5.37. The highest BCUT2D eigenvalue weighted by atomic mass is 32.1. The normalized spacial score (nSPS) is 17.2. The van der Waals surface area contributed by atoms with Crippen LogP contribution in [0.25, 0.3) is 16.9 Å². The zero-order valence-corrected chi connectivity index (χ0v) is 15.1. The van der Waals surface area contributed by atoms with Crippen LogP contribution in [0.5, 0.6) is 0 Å². The molecule has 1 fully saturated rings. The number of imidazole rings is 1. The van der Waals surface area contributed by atoms with Crippen molar-refractivity contribution >= 4 is 27.9 Å². The smallest absolute Gasteiger partial charge is 0.188 e. The molecule has 5 rings (SSSR count). The van der Waals surface area contributed by atoms with Crippen molar-refractivity contribution in [3.63, 3.8) is 0 Å². The van der Waals surface area contributed by atoms with Crippen LogP contribution >= 0.6 is 11.3 Å². The summed E-state index contributed by atoms with van der Waals surface area (Å²) in [7, 11) is 1.90. The van der Waals surface area contributed by atoms with Crippen molar-refractivity contribution in [2.75, 3.05) is 11.9 Å². The lowest BCUT2D eigenvalue weighted by Gasteiger charge is -2.06. The molecule has 0 saturated carbocycles. The van der Waals surface area contributed by atoms with E-state index in [1.54, 1.807) is 22.2 Å². The van der Waals surface area contributed by atoms with Crippen molar-refractivity contribution in [2.24, 2.45) is 7.05 Å². The third kappa shape index (κ3) is 2.65. The molecule has 1 atom stereocenters. The van der Waals surface area contributed by atoms with Crippen LogP contribution < -0.4 is 10.6 Å². The minimum Gasteiger partial charge on any atom is -0.313 e. The maximum atomic E-state index is 4.72. The number of thiazole rings is 1. The average molecular weight is 366 g/mol. The number of hydrogen-bond donors (Lipinski definition) is 2. The number of hydrogen-bond acceptors (Lipinski definition) is 7. The summed E-state index contributed by atoms with van der Waals surface area (Å²) in [6.45, 7) is 1.07. The summed E-state index contributed by atoms with van der Waals surface area (Å²) in [4.78, 5) is 13.7. The fraction of sp³-hybridized carbons (Fsp3) is 0.294. The zero-order valence-electron chi connectivity index (χ0n) is 14.3. The van der Waals surface area contributed by atoms with E-state index in [-0.39, 0.29) is 0 Å². The molecule has 9 heteroatoms. The van der Waals surface area contributed by atoms with Gasteiger partial charge in [-0.1, -0.05) is 0 Å². The first-order valence-corrected chi connectivity index (χ1v) is 9.43. The van der Waals surface area contributed by atoms with Crippen LogP contribution in [-0.4, -0.2) is 35.7 Å². The van der Waals surface area contributed by atoms with Gasteiger partial charge in [-0.15, -0.1) is 11.3 Å². The van der Waals surface area contributed by atoms with Crippen molar-refractivity contribution in [1.82, 2.24) is 34.4 Å². The van der Waals surface area contributed by atoms with E-state index < -0.39 is 0 Å². The quantitative estimate of drug-likeness (QED) is 0.578. The minimum atomic E-state index is 0.370. The van der Waals surface area contributed by atoms with Crippen LogP contribution in [0.1, 0.15) is 24.6 Å². The largest absolute Gasteiger partial charge is 0.313 e. The van der Waals surface area contributed by atoms with E-state index in [2.05, 4.69) is 31.1 Å². The number of nitrogens with zero attached hydrogens (tertiary/aromatic N) is 6. The van der Waals surface area contributed by atoms with Gasteiger partial charge < -0.3 is 10.6 Å². The van der Waals surface area contributed by atoms with E-state index in [4.69, 9.17) is 4.98 Å². The van der Waals surface area contributed by atoms with Crippen LogP contribution in [0.4, 0.5) is 10.9 Å². The number of rotatable bonds is 4. The molecule has 0 radical (unpaired) electrons. The lowest BCUT2D eigenvalue weighted by molar-refractivity contribution is 0.632. The standard InChI is InChI=1S/C17H18N8S/c1-24-9-11(7-21-24)14-8-20-16-15(19-5-6-25(14)16)23-17-22-13(10-26-17)12-3-2-4-18-12/h5-10,12,18H,2-4H2,1H3,(H,19,22,23). The van der Waals surface area contributed by atoms with Gasteiger partial charge in [0.2, 0.25) is 0 Å². The molecule has 0 aliphatic carbocycles. The Labute approximate surface area is 153 Å². The fourth-order valence-electron chi connectivity index (χ4n) is 3.32. The topological polar surface area (TPSA) is 85.0 Å². The summed E-state index contributed by atoms with van der Waals surface area (Å²) in [5.41, 5.74) is 3.86. The summed E-state index contributed by atoms with van der Waals surface area (Å²) in [6, 6.07) is 0.370. The molecule has 1 aliphatic heterocycles. The molecule has 1 saturated heterocycles. The van der Waals surface area contributed by atoms with E-state index in [1.807, 2.05) is 36.2 Å². The van der Waals surface area contributed by atoms with Gasteiger partial charge in [-0.05, 0) is 19.4 Å². The van der Waals surface area contributed by atoms with Crippen LogP contribution in [0, 0.1) is 0 Å². The van der Waals surface area contributed by atoms with E-state index >= 15 is 0 Å². The van der Waals surface area contributed by atoms with Gasteiger partial charge in [-0.3, -0.25) is 9.08 Å². The molecule has 0 bridgehead atoms. The summed E-state index contributed by atoms with van der Waals surface area (Å²) in [6.07, 6.45) is 11.7. The molecule has 26 heavy (non-hydrogen) atoms. The molecule has 4 aromatic heterocycles. The summed E-state index contributed by atoms with van der Waals surface area (Å²) < 4.78 is 3.79. The maximum Gasteiger partial charge on any atom is 0.188 e. The van der Waals surface area contributed by atoms with Gasteiger partial charge >= 0.3 is 0 Å². The lowest BCUT2D eigenvalue weighted by Crippen LogP contribution is -2.13. The highest BCUT2D eigenvalue weighted by molar-refractivity contribution is 7.13. The number of fused-ring (bicyclic) bond motifs is 1. The first-order valence-electron chi connectivity index (χ1n) is 8.55. The van der Waals surface area contributed by atoms with E-state index in [0.717, 1.165) is 40.7 Å². The number of aromatic nitrogens is 6. The molecule has 1 aliphatic rings. The Morgan fingerprint density at radius 2 is 2.27 bits per heavy atom. The second-order valence-corrected chi connectivity index (χ2v) is 7.23. The average Bonchev–Trinajstić information content (AvgIpc) is 3.42. The second kappa shape index (κ2) is 6.19. The van der Waals surface area contributed by atoms with Gasteiger partial charge in [0.25, 0.3) is 0 Å². The number of nitrogens with one attached hydrogen (secondary N) is 2. The first-order chi connectivity index (χ1) is 12.8. The molecule has 132 valence electrons. The highest BCUT2D eigenvalue weighted by Gasteiger charge is 2.19. The van der Waals surface area contributed by atoms with Gasteiger partial charge in [-0.2, -0.15) is 5.10 Å². The molecule has 0 aromatic carbocycles. The van der Waals surface area contributed by atoms with Gasteiger partial charge in [0.1, 0.15) is 0 Å². The fourth-order valence-corrected chi connectivity index (χ4v) is 4.08. The van der Waals surface area contributed by atoms with Gasteiger partial charge in [0.05, 0.1) is 29.8 Å². The molecule has 4 aromatic rings. The summed E-state index contributed by atoms with van der Waals surface area (Å²) >= 11 is 1.59. The predicted octanol–water partition coefficient (Wildman–Crippen LogP) is 2.75. The van der Waals surface area contributed by atoms with E-state index in [1.165, 1.54) is 6.42 Å². The molecule has 0 spiro atoms. The molecule has 8 nitrogen and oxygen atoms in total. The Balaban J connectivity index is 1.47. The molecular formula is C17H18N8S.